The fourth-order valence-electron chi connectivity index (χ4n) is 4.39. The lowest BCUT2D eigenvalue weighted by Crippen LogP contribution is -2.31. The van der Waals surface area contributed by atoms with Gasteiger partial charge in [-0.05, 0) is 41.8 Å². The molecule has 2 aromatic carbocycles. The van der Waals surface area contributed by atoms with Crippen LogP contribution in [0.4, 0.5) is 0 Å². The predicted molar refractivity (Wildman–Crippen MR) is 149 cm³/mol. The molecule has 3 heterocycles. The molecule has 1 amide bonds. The van der Waals surface area contributed by atoms with Crippen LogP contribution >= 0.6 is 24.0 Å². The first-order valence-corrected chi connectivity index (χ1v) is 13.1. The Morgan fingerprint density at radius 3 is 2.67 bits per heavy atom. The Bertz CT molecular complexity index is 1660. The van der Waals surface area contributed by atoms with Gasteiger partial charge in [0.05, 0.1) is 17.0 Å². The van der Waals surface area contributed by atoms with Crippen LogP contribution in [-0.4, -0.2) is 43.9 Å². The minimum atomic E-state index is -0.718. The molecule has 0 unspecified atom stereocenters. The van der Waals surface area contributed by atoms with Crippen molar-refractivity contribution in [1.82, 2.24) is 9.47 Å². The van der Waals surface area contributed by atoms with E-state index in [0.717, 1.165) is 21.9 Å². The SMILES string of the molecule is Cc1c(C(=O)CCN2C(=O)/C(=C/c3ccccc3)SC2=S)c(O)n(Cc2ccc3c(c2)OCO3)c(=O)c1C#N. The number of fused-ring (bicyclic) bond motifs is 1. The van der Waals surface area contributed by atoms with Crippen LogP contribution in [-0.2, 0) is 11.3 Å². The van der Waals surface area contributed by atoms with Crippen molar-refractivity contribution in [2.75, 3.05) is 13.3 Å². The molecule has 39 heavy (non-hydrogen) atoms. The molecule has 1 fully saturated rings. The first-order valence-electron chi connectivity index (χ1n) is 11.9. The fraction of sp³-hybridized carbons (Fsp3) is 0.179. The summed E-state index contributed by atoms with van der Waals surface area (Å²) < 4.78 is 12.0. The summed E-state index contributed by atoms with van der Waals surface area (Å²) in [6.45, 7) is 1.41. The summed E-state index contributed by atoms with van der Waals surface area (Å²) in [7, 11) is 0. The van der Waals surface area contributed by atoms with Gasteiger partial charge in [0, 0.05) is 13.0 Å². The molecular formula is C28H21N3O6S2. The largest absolute Gasteiger partial charge is 0.494 e. The number of hydrogen-bond donors (Lipinski definition) is 1. The molecule has 0 aliphatic carbocycles. The standard InChI is InChI=1S/C28H21N3O6S2/c1-16-19(13-29)25(33)31(14-18-7-8-21-22(11-18)37-15-36-21)27(35)24(16)20(32)9-10-30-26(34)23(39-28(30)38)12-17-5-3-2-4-6-17/h2-8,11-12,35H,9-10,14-15H2,1H3/b23-12-. The van der Waals surface area contributed by atoms with E-state index < -0.39 is 17.2 Å². The van der Waals surface area contributed by atoms with Gasteiger partial charge in [-0.1, -0.05) is 60.4 Å². The highest BCUT2D eigenvalue weighted by atomic mass is 32.2. The van der Waals surface area contributed by atoms with Crippen molar-refractivity contribution in [2.45, 2.75) is 19.9 Å². The maximum absolute atomic E-state index is 13.3. The second-order valence-corrected chi connectivity index (χ2v) is 10.5. The lowest BCUT2D eigenvalue weighted by Gasteiger charge is -2.17. The average molecular weight is 560 g/mol. The number of thioether (sulfide) groups is 1. The molecule has 1 saturated heterocycles. The number of amides is 1. The van der Waals surface area contributed by atoms with Crippen LogP contribution in [0.15, 0.2) is 58.2 Å². The minimum absolute atomic E-state index is 0.0162. The van der Waals surface area contributed by atoms with E-state index in [1.165, 1.54) is 11.8 Å². The number of rotatable bonds is 7. The number of benzene rings is 2. The van der Waals surface area contributed by atoms with E-state index in [9.17, 15) is 24.8 Å². The minimum Gasteiger partial charge on any atom is -0.494 e. The zero-order valence-electron chi connectivity index (χ0n) is 20.7. The molecule has 2 aliphatic heterocycles. The van der Waals surface area contributed by atoms with Gasteiger partial charge in [0.2, 0.25) is 12.7 Å². The lowest BCUT2D eigenvalue weighted by molar-refractivity contribution is -0.122. The highest BCUT2D eigenvalue weighted by molar-refractivity contribution is 8.26. The molecule has 11 heteroatoms. The quantitative estimate of drug-likeness (QED) is 0.260. The highest BCUT2D eigenvalue weighted by Gasteiger charge is 2.33. The van der Waals surface area contributed by atoms with Gasteiger partial charge in [0.25, 0.3) is 11.5 Å². The van der Waals surface area contributed by atoms with E-state index in [1.54, 1.807) is 24.3 Å². The third-order valence-corrected chi connectivity index (χ3v) is 7.77. The third kappa shape index (κ3) is 5.04. The average Bonchev–Trinajstić information content (AvgIpc) is 3.49. The van der Waals surface area contributed by atoms with Crippen LogP contribution in [0.3, 0.4) is 0 Å². The van der Waals surface area contributed by atoms with Crippen molar-refractivity contribution >= 4 is 46.1 Å². The number of ketones is 1. The van der Waals surface area contributed by atoms with Gasteiger partial charge in [-0.15, -0.1) is 0 Å². The number of hydrogen-bond acceptors (Lipinski definition) is 9. The molecule has 0 radical (unpaired) electrons. The van der Waals surface area contributed by atoms with Crippen molar-refractivity contribution in [2.24, 2.45) is 0 Å². The first kappa shape index (κ1) is 26.2. The molecule has 2 aliphatic rings. The molecule has 5 rings (SSSR count). The summed E-state index contributed by atoms with van der Waals surface area (Å²) in [5.74, 6) is -0.334. The molecule has 1 aromatic heterocycles. The molecule has 0 bridgehead atoms. The number of nitrogens with zero attached hydrogens (tertiary/aromatic N) is 3. The maximum atomic E-state index is 13.3. The van der Waals surface area contributed by atoms with Crippen LogP contribution in [0, 0.1) is 18.3 Å². The smallest absolute Gasteiger partial charge is 0.271 e. The highest BCUT2D eigenvalue weighted by Crippen LogP contribution is 2.34. The Morgan fingerprint density at radius 1 is 1.18 bits per heavy atom. The van der Waals surface area contributed by atoms with Gasteiger partial charge in [0.15, 0.2) is 17.3 Å². The maximum Gasteiger partial charge on any atom is 0.271 e. The van der Waals surface area contributed by atoms with Gasteiger partial charge in [0.1, 0.15) is 16.0 Å². The summed E-state index contributed by atoms with van der Waals surface area (Å²) in [5, 5.41) is 20.7. The zero-order chi connectivity index (χ0) is 27.7. The van der Waals surface area contributed by atoms with Gasteiger partial charge in [-0.3, -0.25) is 23.9 Å². The summed E-state index contributed by atoms with van der Waals surface area (Å²) >= 11 is 6.53. The lowest BCUT2D eigenvalue weighted by atomic mass is 9.99. The Kier molecular flexibility index (Phi) is 7.24. The van der Waals surface area contributed by atoms with E-state index in [4.69, 9.17) is 21.7 Å². The number of Topliss-reactive ketones (excluding diaryl/α,β-unsaturated/α-hetero) is 1. The van der Waals surface area contributed by atoms with Gasteiger partial charge < -0.3 is 14.6 Å². The van der Waals surface area contributed by atoms with Crippen LogP contribution in [0.25, 0.3) is 6.08 Å². The normalized spacial score (nSPS) is 15.2. The molecule has 0 saturated carbocycles. The molecule has 0 atom stereocenters. The predicted octanol–water partition coefficient (Wildman–Crippen LogP) is 3.99. The van der Waals surface area contributed by atoms with Gasteiger partial charge >= 0.3 is 0 Å². The van der Waals surface area contributed by atoms with Crippen LogP contribution in [0.5, 0.6) is 17.4 Å². The van der Waals surface area contributed by atoms with Crippen LogP contribution in [0.1, 0.15) is 39.0 Å². The third-order valence-electron chi connectivity index (χ3n) is 6.39. The fourth-order valence-corrected chi connectivity index (χ4v) is 5.69. The number of ether oxygens (including phenoxy) is 2. The molecule has 196 valence electrons. The zero-order valence-corrected chi connectivity index (χ0v) is 22.3. The summed E-state index contributed by atoms with van der Waals surface area (Å²) in [6.07, 6.45) is 1.56. The molecule has 0 spiro atoms. The second-order valence-electron chi connectivity index (χ2n) is 8.81. The molecule has 9 nitrogen and oxygen atoms in total. The van der Waals surface area contributed by atoms with Gasteiger partial charge in [-0.2, -0.15) is 5.26 Å². The van der Waals surface area contributed by atoms with Crippen LogP contribution < -0.4 is 15.0 Å². The summed E-state index contributed by atoms with van der Waals surface area (Å²) in [4.78, 5) is 41.1. The summed E-state index contributed by atoms with van der Waals surface area (Å²) in [6, 6.07) is 16.2. The molecule has 3 aromatic rings. The topological polar surface area (TPSA) is 122 Å². The Morgan fingerprint density at radius 2 is 1.92 bits per heavy atom. The monoisotopic (exact) mass is 559 g/mol. The van der Waals surface area contributed by atoms with Crippen LogP contribution in [0.2, 0.25) is 0 Å². The van der Waals surface area contributed by atoms with Crippen molar-refractivity contribution in [3.63, 3.8) is 0 Å². The number of nitriles is 1. The van der Waals surface area contributed by atoms with Gasteiger partial charge in [-0.25, -0.2) is 0 Å². The summed E-state index contributed by atoms with van der Waals surface area (Å²) in [5.41, 5.74) is 0.436. The number of aromatic nitrogens is 1. The number of carbonyl (C=O) groups is 2. The van der Waals surface area contributed by atoms with E-state index in [1.807, 2.05) is 36.4 Å². The number of carbonyl (C=O) groups excluding carboxylic acids is 2. The van der Waals surface area contributed by atoms with E-state index in [-0.39, 0.29) is 48.9 Å². The van der Waals surface area contributed by atoms with Crippen molar-refractivity contribution < 1.29 is 24.2 Å². The number of pyridine rings is 1. The van der Waals surface area contributed by atoms with E-state index >= 15 is 0 Å². The van der Waals surface area contributed by atoms with Crippen molar-refractivity contribution in [3.05, 3.63) is 91.6 Å². The van der Waals surface area contributed by atoms with Crippen molar-refractivity contribution in [1.29, 1.82) is 5.26 Å². The van der Waals surface area contributed by atoms with Crippen molar-refractivity contribution in [3.8, 4) is 23.4 Å². The molecular weight excluding hydrogens is 538 g/mol. The number of aromatic hydroxyl groups is 1. The van der Waals surface area contributed by atoms with E-state index in [2.05, 4.69) is 0 Å². The first-order chi connectivity index (χ1) is 18.8. The Hall–Kier alpha value is -4.40. The van der Waals surface area contributed by atoms with E-state index in [0.29, 0.717) is 26.3 Å². The number of thiocarbonyl (C=S) groups is 1. The molecule has 1 N–H and O–H groups in total. The second kappa shape index (κ2) is 10.8. The Labute approximate surface area is 232 Å². The Balaban J connectivity index is 1.39.